The molecule has 9 heteroatoms. The van der Waals surface area contributed by atoms with Crippen molar-refractivity contribution in [2.75, 3.05) is 13.1 Å². The van der Waals surface area contributed by atoms with Crippen LogP contribution in [0.4, 0.5) is 4.39 Å². The Kier molecular flexibility index (Phi) is 5.91. The lowest BCUT2D eigenvalue weighted by atomic mass is 9.99. The van der Waals surface area contributed by atoms with Crippen LogP contribution in [0.15, 0.2) is 41.4 Å². The van der Waals surface area contributed by atoms with E-state index in [-0.39, 0.29) is 17.3 Å². The molecule has 0 unspecified atom stereocenters. The van der Waals surface area contributed by atoms with E-state index in [1.807, 2.05) is 13.0 Å². The van der Waals surface area contributed by atoms with E-state index in [2.05, 4.69) is 10.4 Å². The summed E-state index contributed by atoms with van der Waals surface area (Å²) in [7, 11) is -3.74. The summed E-state index contributed by atoms with van der Waals surface area (Å²) >= 11 is 0. The molecule has 1 fully saturated rings. The third-order valence-corrected chi connectivity index (χ3v) is 6.63. The fourth-order valence-electron chi connectivity index (χ4n) is 3.25. The molecule has 1 aliphatic heterocycles. The van der Waals surface area contributed by atoms with Gasteiger partial charge < -0.3 is 5.32 Å². The molecule has 0 saturated carbocycles. The standard InChI is InChI=1S/C18H23FN4O3S/c1-2-23-16(9-10-21-23)12-20-18(24)14-4-3-11-22(13-14)27(25,26)17-7-5-15(19)6-8-17/h5-10,14H,2-4,11-13H2,1H3,(H,20,24)/t14-/m0/s1. The number of nitrogens with one attached hydrogen (secondary N) is 1. The highest BCUT2D eigenvalue weighted by Gasteiger charge is 2.33. The molecule has 0 spiro atoms. The first kappa shape index (κ1) is 19.5. The van der Waals surface area contributed by atoms with Crippen LogP contribution in [0, 0.1) is 11.7 Å². The first-order valence-corrected chi connectivity index (χ1v) is 10.4. The van der Waals surface area contributed by atoms with E-state index in [9.17, 15) is 17.6 Å². The zero-order chi connectivity index (χ0) is 19.4. The number of nitrogens with zero attached hydrogens (tertiary/aromatic N) is 3. The highest BCUT2D eigenvalue weighted by atomic mass is 32.2. The molecule has 2 heterocycles. The van der Waals surface area contributed by atoms with Crippen LogP contribution in [-0.4, -0.2) is 41.5 Å². The number of halogens is 1. The summed E-state index contributed by atoms with van der Waals surface area (Å²) in [5, 5.41) is 7.04. The molecule has 2 aromatic rings. The molecule has 27 heavy (non-hydrogen) atoms. The summed E-state index contributed by atoms with van der Waals surface area (Å²) < 4.78 is 41.7. The summed E-state index contributed by atoms with van der Waals surface area (Å²) in [6.45, 7) is 3.52. The number of benzene rings is 1. The van der Waals surface area contributed by atoms with Crippen LogP contribution in [0.5, 0.6) is 0 Å². The highest BCUT2D eigenvalue weighted by molar-refractivity contribution is 7.89. The van der Waals surface area contributed by atoms with E-state index in [0.717, 1.165) is 17.8 Å². The molecular formula is C18H23FN4O3S. The van der Waals surface area contributed by atoms with Gasteiger partial charge in [-0.1, -0.05) is 0 Å². The van der Waals surface area contributed by atoms with Gasteiger partial charge in [0.1, 0.15) is 5.82 Å². The zero-order valence-corrected chi connectivity index (χ0v) is 16.0. The van der Waals surface area contributed by atoms with E-state index in [4.69, 9.17) is 0 Å². The second-order valence-corrected chi connectivity index (χ2v) is 8.45. The number of carbonyl (C=O) groups is 1. The second kappa shape index (κ2) is 8.18. The highest BCUT2D eigenvalue weighted by Crippen LogP contribution is 2.24. The molecule has 1 N–H and O–H groups in total. The first-order chi connectivity index (χ1) is 12.9. The van der Waals surface area contributed by atoms with Gasteiger partial charge in [0, 0.05) is 25.8 Å². The number of piperidine rings is 1. The number of amides is 1. The lowest BCUT2D eigenvalue weighted by Crippen LogP contribution is -2.45. The van der Waals surface area contributed by atoms with Crippen LogP contribution < -0.4 is 5.32 Å². The number of rotatable bonds is 6. The normalized spacial score (nSPS) is 18.4. The second-order valence-electron chi connectivity index (χ2n) is 6.51. The Morgan fingerprint density at radius 3 is 2.74 bits per heavy atom. The first-order valence-electron chi connectivity index (χ1n) is 8.96. The maximum Gasteiger partial charge on any atom is 0.243 e. The van der Waals surface area contributed by atoms with Crippen molar-refractivity contribution >= 4 is 15.9 Å². The maximum atomic E-state index is 13.1. The number of sulfonamides is 1. The Labute approximate surface area is 158 Å². The summed E-state index contributed by atoms with van der Waals surface area (Å²) in [6, 6.07) is 6.59. The van der Waals surface area contributed by atoms with Crippen molar-refractivity contribution in [2.45, 2.75) is 37.8 Å². The van der Waals surface area contributed by atoms with Crippen molar-refractivity contribution < 1.29 is 17.6 Å². The summed E-state index contributed by atoms with van der Waals surface area (Å²) in [5.74, 6) is -1.07. The fourth-order valence-corrected chi connectivity index (χ4v) is 4.77. The summed E-state index contributed by atoms with van der Waals surface area (Å²) in [5.41, 5.74) is 0.900. The van der Waals surface area contributed by atoms with Crippen molar-refractivity contribution in [2.24, 2.45) is 5.92 Å². The van der Waals surface area contributed by atoms with Gasteiger partial charge in [-0.25, -0.2) is 12.8 Å². The SMILES string of the molecule is CCn1nccc1CNC(=O)[C@H]1CCCN(S(=O)(=O)c2ccc(F)cc2)C1. The topological polar surface area (TPSA) is 84.3 Å². The van der Waals surface area contributed by atoms with Crippen molar-refractivity contribution in [3.8, 4) is 0 Å². The van der Waals surface area contributed by atoms with Crippen molar-refractivity contribution in [3.63, 3.8) is 0 Å². The van der Waals surface area contributed by atoms with Gasteiger partial charge in [-0.05, 0) is 50.1 Å². The van der Waals surface area contributed by atoms with Crippen LogP contribution in [-0.2, 0) is 27.9 Å². The molecule has 1 amide bonds. The smallest absolute Gasteiger partial charge is 0.243 e. The predicted molar refractivity (Wildman–Crippen MR) is 97.6 cm³/mol. The Hall–Kier alpha value is -2.26. The number of aryl methyl sites for hydroxylation is 1. The number of hydrogen-bond donors (Lipinski definition) is 1. The zero-order valence-electron chi connectivity index (χ0n) is 15.1. The van der Waals surface area contributed by atoms with Crippen molar-refractivity contribution in [1.29, 1.82) is 0 Å². The van der Waals surface area contributed by atoms with Crippen LogP contribution in [0.1, 0.15) is 25.5 Å². The molecule has 1 aromatic carbocycles. The summed E-state index contributed by atoms with van der Waals surface area (Å²) in [6.07, 6.45) is 2.92. The van der Waals surface area contributed by atoms with E-state index in [1.54, 1.807) is 10.9 Å². The van der Waals surface area contributed by atoms with Gasteiger partial charge in [0.05, 0.1) is 23.1 Å². The molecule has 1 atom stereocenters. The van der Waals surface area contributed by atoms with Gasteiger partial charge in [0.25, 0.3) is 0 Å². The van der Waals surface area contributed by atoms with Crippen LogP contribution in [0.25, 0.3) is 0 Å². The van der Waals surface area contributed by atoms with Crippen molar-refractivity contribution in [3.05, 3.63) is 48.0 Å². The Morgan fingerprint density at radius 2 is 2.04 bits per heavy atom. The van der Waals surface area contributed by atoms with Crippen LogP contribution >= 0.6 is 0 Å². The molecule has 0 bridgehead atoms. The summed E-state index contributed by atoms with van der Waals surface area (Å²) in [4.78, 5) is 12.6. The number of aromatic nitrogens is 2. The van der Waals surface area contributed by atoms with Crippen LogP contribution in [0.3, 0.4) is 0 Å². The third kappa shape index (κ3) is 4.36. The van der Waals surface area contributed by atoms with E-state index in [1.165, 1.54) is 16.4 Å². The lowest BCUT2D eigenvalue weighted by molar-refractivity contribution is -0.126. The molecule has 3 rings (SSSR count). The monoisotopic (exact) mass is 394 g/mol. The minimum absolute atomic E-state index is 0.0387. The Bertz CT molecular complexity index is 896. The third-order valence-electron chi connectivity index (χ3n) is 4.75. The molecule has 7 nitrogen and oxygen atoms in total. The molecule has 146 valence electrons. The largest absolute Gasteiger partial charge is 0.350 e. The number of carbonyl (C=O) groups excluding carboxylic acids is 1. The van der Waals surface area contributed by atoms with Crippen molar-refractivity contribution in [1.82, 2.24) is 19.4 Å². The maximum absolute atomic E-state index is 13.1. The predicted octanol–water partition coefficient (Wildman–Crippen LogP) is 1.76. The van der Waals surface area contributed by atoms with Gasteiger partial charge in [-0.2, -0.15) is 9.40 Å². The molecule has 0 aliphatic carbocycles. The van der Waals surface area contributed by atoms with Crippen LogP contribution in [0.2, 0.25) is 0 Å². The van der Waals surface area contributed by atoms with Gasteiger partial charge in [0.15, 0.2) is 0 Å². The average Bonchev–Trinajstić information content (AvgIpc) is 3.14. The molecular weight excluding hydrogens is 371 g/mol. The molecule has 1 aliphatic rings. The number of hydrogen-bond acceptors (Lipinski definition) is 4. The molecule has 1 saturated heterocycles. The molecule has 1 aromatic heterocycles. The quantitative estimate of drug-likeness (QED) is 0.809. The van der Waals surface area contributed by atoms with Gasteiger partial charge in [-0.3, -0.25) is 9.48 Å². The van der Waals surface area contributed by atoms with Gasteiger partial charge in [0.2, 0.25) is 15.9 Å². The minimum Gasteiger partial charge on any atom is -0.350 e. The van der Waals surface area contributed by atoms with E-state index in [0.29, 0.717) is 32.5 Å². The Morgan fingerprint density at radius 1 is 1.30 bits per heavy atom. The fraction of sp³-hybridized carbons (Fsp3) is 0.444. The van der Waals surface area contributed by atoms with Gasteiger partial charge in [-0.15, -0.1) is 0 Å². The minimum atomic E-state index is -3.74. The van der Waals surface area contributed by atoms with Gasteiger partial charge >= 0.3 is 0 Å². The molecule has 0 radical (unpaired) electrons. The van der Waals surface area contributed by atoms with E-state index >= 15 is 0 Å². The average molecular weight is 394 g/mol. The lowest BCUT2D eigenvalue weighted by Gasteiger charge is -2.31. The van der Waals surface area contributed by atoms with E-state index < -0.39 is 21.8 Å². The Balaban J connectivity index is 1.64.